The second-order valence-corrected chi connectivity index (χ2v) is 7.81. The van der Waals surface area contributed by atoms with E-state index in [-0.39, 0.29) is 33.7 Å². The molecular weight excluding hydrogens is 505 g/mol. The van der Waals surface area contributed by atoms with E-state index in [1.165, 1.54) is 37.7 Å². The first kappa shape index (κ1) is 24.7. The zero-order valence-corrected chi connectivity index (χ0v) is 19.1. The number of hydrogen-bond acceptors (Lipinski definition) is 7. The summed E-state index contributed by atoms with van der Waals surface area (Å²) >= 11 is 6.21. The quantitative estimate of drug-likeness (QED) is 0.359. The van der Waals surface area contributed by atoms with Crippen LogP contribution in [0.2, 0.25) is 5.02 Å². The first-order valence-electron chi connectivity index (χ1n) is 10.2. The summed E-state index contributed by atoms with van der Waals surface area (Å²) in [6, 6.07) is 5.68. The summed E-state index contributed by atoms with van der Waals surface area (Å²) in [7, 11) is 1.38. The molecule has 0 amide bonds. The van der Waals surface area contributed by atoms with E-state index >= 15 is 0 Å². The highest BCUT2D eigenvalue weighted by atomic mass is 35.5. The van der Waals surface area contributed by atoms with Crippen LogP contribution >= 0.6 is 11.6 Å². The minimum Gasteiger partial charge on any atom is -0.481 e. The van der Waals surface area contributed by atoms with Crippen molar-refractivity contribution >= 4 is 23.2 Å². The van der Waals surface area contributed by atoms with Gasteiger partial charge in [-0.1, -0.05) is 17.7 Å². The standard InChI is InChI=1S/C22H16ClF3N6O4/c1-36-17-7-13(23)16(8-28-17)29-20-30-21(34)32(10-12-3-2-4-27-19(12)33)22(35)31(20)9-11-5-14(24)18(26)15(25)6-11/h2-8H,9-10H2,1H3,(H,27,33)(H,29,30,34). The van der Waals surface area contributed by atoms with Gasteiger partial charge in [0, 0.05) is 17.8 Å². The number of H-pyrrole nitrogens is 1. The molecule has 0 aliphatic carbocycles. The summed E-state index contributed by atoms with van der Waals surface area (Å²) in [4.78, 5) is 48.4. The van der Waals surface area contributed by atoms with Gasteiger partial charge in [0.1, 0.15) is 0 Å². The Hall–Kier alpha value is -4.39. The van der Waals surface area contributed by atoms with E-state index in [4.69, 9.17) is 16.3 Å². The van der Waals surface area contributed by atoms with Crippen LogP contribution in [0.25, 0.3) is 0 Å². The van der Waals surface area contributed by atoms with Crippen molar-refractivity contribution in [2.45, 2.75) is 13.1 Å². The van der Waals surface area contributed by atoms with Crippen molar-refractivity contribution in [1.82, 2.24) is 24.1 Å². The SMILES string of the molecule is COc1cc(Cl)c(Nc2nc(=O)n(Cc3ccc[nH]c3=O)c(=O)n2Cc2cc(F)c(F)c(F)c2)cn1. The number of hydrogen-bond donors (Lipinski definition) is 2. The fraction of sp³-hybridized carbons (Fsp3) is 0.136. The highest BCUT2D eigenvalue weighted by molar-refractivity contribution is 6.33. The molecule has 4 aromatic rings. The van der Waals surface area contributed by atoms with Crippen molar-refractivity contribution in [3.63, 3.8) is 0 Å². The van der Waals surface area contributed by atoms with Gasteiger partial charge in [-0.3, -0.25) is 9.36 Å². The van der Waals surface area contributed by atoms with Crippen LogP contribution in [-0.4, -0.2) is 31.2 Å². The van der Waals surface area contributed by atoms with E-state index in [0.29, 0.717) is 16.7 Å². The number of nitrogens with zero attached hydrogens (tertiary/aromatic N) is 4. The van der Waals surface area contributed by atoms with Crippen LogP contribution in [0.4, 0.5) is 24.8 Å². The van der Waals surface area contributed by atoms with Crippen LogP contribution in [0.5, 0.6) is 5.88 Å². The summed E-state index contributed by atoms with van der Waals surface area (Å²) in [5.74, 6) is -4.76. The van der Waals surface area contributed by atoms with Crippen molar-refractivity contribution in [1.29, 1.82) is 0 Å². The lowest BCUT2D eigenvalue weighted by atomic mass is 10.2. The summed E-state index contributed by atoms with van der Waals surface area (Å²) < 4.78 is 47.6. The van der Waals surface area contributed by atoms with Gasteiger partial charge in [-0.15, -0.1) is 0 Å². The zero-order chi connectivity index (χ0) is 26.0. The maximum absolute atomic E-state index is 13.8. The first-order chi connectivity index (χ1) is 17.2. The van der Waals surface area contributed by atoms with Crippen LogP contribution < -0.4 is 27.0 Å². The van der Waals surface area contributed by atoms with Crippen molar-refractivity contribution in [2.75, 3.05) is 12.4 Å². The molecule has 10 nitrogen and oxygen atoms in total. The molecule has 0 radical (unpaired) electrons. The average Bonchev–Trinajstić information content (AvgIpc) is 2.84. The molecule has 2 N–H and O–H groups in total. The second-order valence-electron chi connectivity index (χ2n) is 7.40. The second kappa shape index (κ2) is 10.1. The molecule has 0 saturated heterocycles. The van der Waals surface area contributed by atoms with Gasteiger partial charge in [0.05, 0.1) is 37.1 Å². The van der Waals surface area contributed by atoms with Gasteiger partial charge in [-0.2, -0.15) is 4.98 Å². The van der Waals surface area contributed by atoms with Gasteiger partial charge in [0.15, 0.2) is 17.5 Å². The number of methoxy groups -OCH3 is 1. The third kappa shape index (κ3) is 5.00. The number of aromatic amines is 1. The van der Waals surface area contributed by atoms with E-state index in [1.54, 1.807) is 0 Å². The molecule has 3 aromatic heterocycles. The van der Waals surface area contributed by atoms with Crippen molar-refractivity contribution in [3.8, 4) is 5.88 Å². The van der Waals surface area contributed by atoms with E-state index in [1.807, 2.05) is 0 Å². The molecule has 0 atom stereocenters. The topological polar surface area (TPSA) is 124 Å². The Balaban J connectivity index is 1.85. The lowest BCUT2D eigenvalue weighted by molar-refractivity contribution is 0.398. The molecule has 4 rings (SSSR count). The van der Waals surface area contributed by atoms with Gasteiger partial charge in [-0.05, 0) is 23.8 Å². The number of pyridine rings is 2. The number of ether oxygens (including phenoxy) is 1. The predicted octanol–water partition coefficient (Wildman–Crippen LogP) is 2.41. The lowest BCUT2D eigenvalue weighted by Crippen LogP contribution is -2.43. The van der Waals surface area contributed by atoms with Gasteiger partial charge in [0.25, 0.3) is 5.56 Å². The van der Waals surface area contributed by atoms with Gasteiger partial charge < -0.3 is 15.0 Å². The molecule has 0 spiro atoms. The molecule has 0 fully saturated rings. The lowest BCUT2D eigenvalue weighted by Gasteiger charge is -2.16. The zero-order valence-electron chi connectivity index (χ0n) is 18.4. The third-order valence-electron chi connectivity index (χ3n) is 5.05. The number of benzene rings is 1. The summed E-state index contributed by atoms with van der Waals surface area (Å²) in [5, 5.41) is 2.79. The van der Waals surface area contributed by atoms with E-state index in [9.17, 15) is 27.6 Å². The molecule has 0 bridgehead atoms. The van der Waals surface area contributed by atoms with E-state index in [2.05, 4.69) is 20.3 Å². The predicted molar refractivity (Wildman–Crippen MR) is 123 cm³/mol. The monoisotopic (exact) mass is 520 g/mol. The fourth-order valence-electron chi connectivity index (χ4n) is 3.27. The van der Waals surface area contributed by atoms with Crippen LogP contribution in [0.3, 0.4) is 0 Å². The number of anilines is 2. The molecule has 14 heteroatoms. The molecule has 186 valence electrons. The minimum atomic E-state index is -1.67. The Labute approximate surface area is 204 Å². The molecule has 36 heavy (non-hydrogen) atoms. The van der Waals surface area contributed by atoms with Crippen molar-refractivity contribution in [2.24, 2.45) is 0 Å². The number of aromatic nitrogens is 5. The van der Waals surface area contributed by atoms with Crippen LogP contribution in [0.15, 0.2) is 57.1 Å². The van der Waals surface area contributed by atoms with E-state index in [0.717, 1.165) is 4.57 Å². The molecule has 0 aliphatic rings. The smallest absolute Gasteiger partial charge is 0.355 e. The molecule has 1 aromatic carbocycles. The Bertz CT molecular complexity index is 1610. The van der Waals surface area contributed by atoms with Crippen LogP contribution in [0.1, 0.15) is 11.1 Å². The summed E-state index contributed by atoms with van der Waals surface area (Å²) in [6.07, 6.45) is 2.63. The molecule has 3 heterocycles. The van der Waals surface area contributed by atoms with Crippen LogP contribution in [-0.2, 0) is 13.1 Å². The maximum atomic E-state index is 13.8. The summed E-state index contributed by atoms with van der Waals surface area (Å²) in [6.45, 7) is -0.951. The van der Waals surface area contributed by atoms with Gasteiger partial charge in [-0.25, -0.2) is 32.3 Å². The third-order valence-corrected chi connectivity index (χ3v) is 5.36. The number of rotatable bonds is 7. The molecule has 0 unspecified atom stereocenters. The Morgan fingerprint density at radius 2 is 1.81 bits per heavy atom. The number of nitrogens with one attached hydrogen (secondary N) is 2. The van der Waals surface area contributed by atoms with Crippen molar-refractivity contribution in [3.05, 3.63) is 108 Å². The van der Waals surface area contributed by atoms with Crippen molar-refractivity contribution < 1.29 is 17.9 Å². The Kier molecular flexibility index (Phi) is 6.92. The normalized spacial score (nSPS) is 10.9. The Morgan fingerprint density at radius 3 is 2.44 bits per heavy atom. The molecular formula is C22H16ClF3N6O4. The van der Waals surface area contributed by atoms with E-state index < -0.39 is 47.5 Å². The number of halogens is 4. The van der Waals surface area contributed by atoms with Gasteiger partial charge in [0.2, 0.25) is 11.8 Å². The summed E-state index contributed by atoms with van der Waals surface area (Å²) in [5.41, 5.74) is -2.44. The maximum Gasteiger partial charge on any atom is 0.355 e. The minimum absolute atomic E-state index is 0.0898. The largest absolute Gasteiger partial charge is 0.481 e. The van der Waals surface area contributed by atoms with Gasteiger partial charge >= 0.3 is 11.4 Å². The highest BCUT2D eigenvalue weighted by Crippen LogP contribution is 2.26. The molecule has 0 aliphatic heterocycles. The Morgan fingerprint density at radius 1 is 1.08 bits per heavy atom. The fourth-order valence-corrected chi connectivity index (χ4v) is 3.46. The van der Waals surface area contributed by atoms with Crippen LogP contribution in [0, 0.1) is 17.5 Å². The molecule has 0 saturated carbocycles. The highest BCUT2D eigenvalue weighted by Gasteiger charge is 2.18. The average molecular weight is 521 g/mol. The first-order valence-corrected chi connectivity index (χ1v) is 10.5.